The van der Waals surface area contributed by atoms with Gasteiger partial charge >= 0.3 is 0 Å². The van der Waals surface area contributed by atoms with E-state index in [4.69, 9.17) is 5.26 Å². The van der Waals surface area contributed by atoms with Crippen LogP contribution in [0, 0.1) is 11.3 Å². The number of hydrogen-bond acceptors (Lipinski definition) is 3. The van der Waals surface area contributed by atoms with E-state index in [0.29, 0.717) is 16.4 Å². The van der Waals surface area contributed by atoms with Crippen LogP contribution in [0.3, 0.4) is 0 Å². The number of nitriles is 1. The van der Waals surface area contributed by atoms with Crippen LogP contribution in [0.5, 0.6) is 0 Å². The van der Waals surface area contributed by atoms with E-state index in [1.165, 1.54) is 0 Å². The summed E-state index contributed by atoms with van der Waals surface area (Å²) in [5.41, 5.74) is 1.14. The molecule has 0 fully saturated rings. The molecule has 0 aliphatic heterocycles. The van der Waals surface area contributed by atoms with Crippen molar-refractivity contribution >= 4 is 18.0 Å². The van der Waals surface area contributed by atoms with Crippen molar-refractivity contribution in [3.05, 3.63) is 29.3 Å². The molecule has 0 spiro atoms. The van der Waals surface area contributed by atoms with Crippen LogP contribution in [0.1, 0.15) is 36.2 Å². The summed E-state index contributed by atoms with van der Waals surface area (Å²) in [6, 6.07) is 7.35. The molecule has 0 saturated carbocycles. The van der Waals surface area contributed by atoms with Crippen LogP contribution in [-0.4, -0.2) is 11.5 Å². The first kappa shape index (κ1) is 11.8. The predicted molar refractivity (Wildman–Crippen MR) is 62.2 cm³/mol. The van der Waals surface area contributed by atoms with Gasteiger partial charge in [0, 0.05) is 15.7 Å². The number of hydrogen-bond donors (Lipinski definition) is 0. The normalized spacial score (nSPS) is 11.8. The van der Waals surface area contributed by atoms with E-state index in [1.54, 1.807) is 23.9 Å². The van der Waals surface area contributed by atoms with Gasteiger partial charge in [0.05, 0.1) is 5.56 Å². The SMILES string of the molecule is CCC(C)Sc1ccc(C=O)cc1C#N. The molecule has 0 aromatic heterocycles. The van der Waals surface area contributed by atoms with Crippen LogP contribution in [0.15, 0.2) is 23.1 Å². The minimum atomic E-state index is 0.485. The van der Waals surface area contributed by atoms with E-state index in [0.717, 1.165) is 17.6 Å². The Kier molecular flexibility index (Phi) is 4.38. The molecule has 0 N–H and O–H groups in total. The molecule has 78 valence electrons. The molecule has 15 heavy (non-hydrogen) atoms. The Labute approximate surface area is 94.3 Å². The molecule has 0 heterocycles. The Morgan fingerprint density at radius 1 is 1.60 bits per heavy atom. The van der Waals surface area contributed by atoms with Gasteiger partial charge in [-0.1, -0.05) is 19.9 Å². The Morgan fingerprint density at radius 2 is 2.33 bits per heavy atom. The minimum Gasteiger partial charge on any atom is -0.298 e. The monoisotopic (exact) mass is 219 g/mol. The van der Waals surface area contributed by atoms with E-state index < -0.39 is 0 Å². The van der Waals surface area contributed by atoms with Crippen molar-refractivity contribution in [3.63, 3.8) is 0 Å². The highest BCUT2D eigenvalue weighted by Crippen LogP contribution is 2.28. The van der Waals surface area contributed by atoms with Gasteiger partial charge in [0.25, 0.3) is 0 Å². The third kappa shape index (κ3) is 3.10. The second kappa shape index (κ2) is 5.57. The molecule has 0 saturated heterocycles. The Hall–Kier alpha value is -1.27. The Bertz CT molecular complexity index is 395. The zero-order valence-corrected chi connectivity index (χ0v) is 9.67. The summed E-state index contributed by atoms with van der Waals surface area (Å²) in [5, 5.41) is 9.43. The highest BCUT2D eigenvalue weighted by molar-refractivity contribution is 8.00. The fourth-order valence-electron chi connectivity index (χ4n) is 1.11. The summed E-state index contributed by atoms with van der Waals surface area (Å²) in [4.78, 5) is 11.5. The van der Waals surface area contributed by atoms with Crippen molar-refractivity contribution in [2.45, 2.75) is 30.4 Å². The summed E-state index contributed by atoms with van der Waals surface area (Å²) in [5.74, 6) is 0. The number of carbonyl (C=O) groups is 1. The van der Waals surface area contributed by atoms with Crippen molar-refractivity contribution in [1.29, 1.82) is 5.26 Å². The maximum Gasteiger partial charge on any atom is 0.150 e. The van der Waals surface area contributed by atoms with Crippen LogP contribution in [-0.2, 0) is 0 Å². The fourth-order valence-corrected chi connectivity index (χ4v) is 2.09. The number of nitrogens with zero attached hydrogens (tertiary/aromatic N) is 1. The third-order valence-corrected chi connectivity index (χ3v) is 3.51. The average molecular weight is 219 g/mol. The lowest BCUT2D eigenvalue weighted by Crippen LogP contribution is -1.94. The minimum absolute atomic E-state index is 0.485. The van der Waals surface area contributed by atoms with Crippen molar-refractivity contribution in [1.82, 2.24) is 0 Å². The van der Waals surface area contributed by atoms with Gasteiger partial charge < -0.3 is 0 Å². The number of benzene rings is 1. The van der Waals surface area contributed by atoms with Crippen LogP contribution in [0.4, 0.5) is 0 Å². The molecule has 1 aromatic carbocycles. The first-order chi connectivity index (χ1) is 7.21. The highest BCUT2D eigenvalue weighted by Gasteiger charge is 2.07. The van der Waals surface area contributed by atoms with Crippen molar-refractivity contribution in [3.8, 4) is 6.07 Å². The van der Waals surface area contributed by atoms with E-state index >= 15 is 0 Å². The standard InChI is InChI=1S/C12H13NOS/c1-3-9(2)15-12-5-4-10(8-14)6-11(12)7-13/h4-6,8-9H,3H2,1-2H3. The second-order valence-electron chi connectivity index (χ2n) is 3.32. The van der Waals surface area contributed by atoms with Gasteiger partial charge in [-0.15, -0.1) is 11.8 Å². The van der Waals surface area contributed by atoms with Gasteiger partial charge in [-0.05, 0) is 18.6 Å². The molecule has 0 aliphatic rings. The van der Waals surface area contributed by atoms with E-state index in [2.05, 4.69) is 19.9 Å². The average Bonchev–Trinajstić information content (AvgIpc) is 2.29. The first-order valence-corrected chi connectivity index (χ1v) is 5.75. The molecular formula is C12H13NOS. The van der Waals surface area contributed by atoms with Crippen molar-refractivity contribution in [2.75, 3.05) is 0 Å². The quantitative estimate of drug-likeness (QED) is 0.576. The molecule has 0 radical (unpaired) electrons. The fraction of sp³-hybridized carbons (Fsp3) is 0.333. The van der Waals surface area contributed by atoms with Gasteiger partial charge in [0.1, 0.15) is 12.4 Å². The lowest BCUT2D eigenvalue weighted by Gasteiger charge is -2.09. The molecule has 0 bridgehead atoms. The van der Waals surface area contributed by atoms with E-state index in [1.807, 2.05) is 6.07 Å². The lowest BCUT2D eigenvalue weighted by atomic mass is 10.1. The Morgan fingerprint density at radius 3 is 2.87 bits per heavy atom. The smallest absolute Gasteiger partial charge is 0.150 e. The van der Waals surface area contributed by atoms with Gasteiger partial charge in [-0.25, -0.2) is 0 Å². The van der Waals surface area contributed by atoms with E-state index in [-0.39, 0.29) is 0 Å². The maximum atomic E-state index is 10.5. The zero-order valence-electron chi connectivity index (χ0n) is 8.86. The zero-order chi connectivity index (χ0) is 11.3. The van der Waals surface area contributed by atoms with Crippen LogP contribution in [0.2, 0.25) is 0 Å². The molecule has 2 nitrogen and oxygen atoms in total. The summed E-state index contributed by atoms with van der Waals surface area (Å²) < 4.78 is 0. The molecule has 0 amide bonds. The summed E-state index contributed by atoms with van der Waals surface area (Å²) >= 11 is 1.68. The number of rotatable bonds is 4. The molecular weight excluding hydrogens is 206 g/mol. The van der Waals surface area contributed by atoms with Crippen LogP contribution < -0.4 is 0 Å². The number of thioether (sulfide) groups is 1. The van der Waals surface area contributed by atoms with Crippen molar-refractivity contribution in [2.24, 2.45) is 0 Å². The summed E-state index contributed by atoms with van der Waals surface area (Å²) in [7, 11) is 0. The summed E-state index contributed by atoms with van der Waals surface area (Å²) in [6.07, 6.45) is 1.82. The lowest BCUT2D eigenvalue weighted by molar-refractivity contribution is 0.112. The molecule has 1 unspecified atom stereocenters. The first-order valence-electron chi connectivity index (χ1n) is 4.87. The molecule has 1 aromatic rings. The Balaban J connectivity index is 2.98. The summed E-state index contributed by atoms with van der Waals surface area (Å²) in [6.45, 7) is 4.24. The molecule has 0 aliphatic carbocycles. The third-order valence-electron chi connectivity index (χ3n) is 2.16. The van der Waals surface area contributed by atoms with Gasteiger partial charge in [-0.3, -0.25) is 4.79 Å². The van der Waals surface area contributed by atoms with Crippen LogP contribution >= 0.6 is 11.8 Å². The topological polar surface area (TPSA) is 40.9 Å². The molecule has 3 heteroatoms. The number of aldehydes is 1. The largest absolute Gasteiger partial charge is 0.298 e. The van der Waals surface area contributed by atoms with E-state index in [9.17, 15) is 4.79 Å². The molecule has 1 atom stereocenters. The van der Waals surface area contributed by atoms with Gasteiger partial charge in [-0.2, -0.15) is 5.26 Å². The van der Waals surface area contributed by atoms with Gasteiger partial charge in [0.2, 0.25) is 0 Å². The van der Waals surface area contributed by atoms with Gasteiger partial charge in [0.15, 0.2) is 0 Å². The highest BCUT2D eigenvalue weighted by atomic mass is 32.2. The molecule has 1 rings (SSSR count). The maximum absolute atomic E-state index is 10.5. The van der Waals surface area contributed by atoms with Crippen LogP contribution in [0.25, 0.3) is 0 Å². The number of carbonyl (C=O) groups excluding carboxylic acids is 1. The van der Waals surface area contributed by atoms with Crippen molar-refractivity contribution < 1.29 is 4.79 Å². The second-order valence-corrected chi connectivity index (χ2v) is 4.80. The predicted octanol–water partition coefficient (Wildman–Crippen LogP) is 3.26.